The molecule has 2 aliphatic rings. The third-order valence-electron chi connectivity index (χ3n) is 7.07. The summed E-state index contributed by atoms with van der Waals surface area (Å²) in [6.07, 6.45) is 1.51. The van der Waals surface area contributed by atoms with Crippen molar-refractivity contribution < 1.29 is 18.0 Å². The van der Waals surface area contributed by atoms with E-state index in [1.54, 1.807) is 13.0 Å². The molecule has 1 atom stereocenters. The lowest BCUT2D eigenvalue weighted by atomic mass is 9.96. The first-order chi connectivity index (χ1) is 16.3. The number of rotatable bonds is 6. The largest absolute Gasteiger partial charge is 0.416 e. The summed E-state index contributed by atoms with van der Waals surface area (Å²) in [7, 11) is 0. The van der Waals surface area contributed by atoms with Crippen molar-refractivity contribution in [3.05, 3.63) is 70.8 Å². The van der Waals surface area contributed by atoms with Crippen molar-refractivity contribution in [3.63, 3.8) is 0 Å². The molecule has 2 heterocycles. The van der Waals surface area contributed by atoms with Crippen LogP contribution in [0.5, 0.6) is 0 Å². The molecule has 0 aliphatic carbocycles. The second-order valence-corrected chi connectivity index (χ2v) is 9.60. The molecule has 1 N–H and O–H groups in total. The quantitative estimate of drug-likeness (QED) is 0.617. The number of halogens is 3. The lowest BCUT2D eigenvalue weighted by molar-refractivity contribution is -0.137. The van der Waals surface area contributed by atoms with Crippen molar-refractivity contribution in [2.75, 3.05) is 26.2 Å². The van der Waals surface area contributed by atoms with Crippen LogP contribution in [0.4, 0.5) is 13.2 Å². The SMILES string of the molecule is Cc1cc(CNC(=O)C(c2ccccc2)N2CCC(N3CCCCC3)CC2)cc(C(F)(F)F)c1. The number of carbonyl (C=O) groups excluding carboxylic acids is 1. The monoisotopic (exact) mass is 473 g/mol. The van der Waals surface area contributed by atoms with Crippen molar-refractivity contribution in [2.45, 2.75) is 63.8 Å². The van der Waals surface area contributed by atoms with Gasteiger partial charge in [-0.3, -0.25) is 9.69 Å². The highest BCUT2D eigenvalue weighted by Gasteiger charge is 2.34. The van der Waals surface area contributed by atoms with E-state index in [9.17, 15) is 18.0 Å². The van der Waals surface area contributed by atoms with Gasteiger partial charge >= 0.3 is 6.18 Å². The number of aryl methyl sites for hydroxylation is 1. The topological polar surface area (TPSA) is 35.6 Å². The van der Waals surface area contributed by atoms with Crippen LogP contribution in [-0.4, -0.2) is 47.9 Å². The minimum atomic E-state index is -4.41. The number of nitrogens with zero attached hydrogens (tertiary/aromatic N) is 2. The molecule has 2 aliphatic heterocycles. The van der Waals surface area contributed by atoms with Crippen LogP contribution in [0.15, 0.2) is 48.5 Å². The Hall–Kier alpha value is -2.38. The van der Waals surface area contributed by atoms with Gasteiger partial charge in [0, 0.05) is 25.7 Å². The molecule has 1 amide bonds. The summed E-state index contributed by atoms with van der Waals surface area (Å²) in [5.74, 6) is -0.169. The highest BCUT2D eigenvalue weighted by molar-refractivity contribution is 5.83. The standard InChI is InChI=1S/C27H34F3N3O/c1-20-16-21(18-23(17-20)27(28,29)30)19-31-26(34)25(22-8-4-2-5-9-22)33-14-10-24(11-15-33)32-12-6-3-7-13-32/h2,4-5,8-9,16-18,24-25H,3,6-7,10-15,19H2,1H3,(H,31,34). The predicted octanol–water partition coefficient (Wildman–Crippen LogP) is 5.32. The Bertz CT molecular complexity index is 949. The Morgan fingerprint density at radius 1 is 1.00 bits per heavy atom. The fourth-order valence-electron chi connectivity index (χ4n) is 5.37. The van der Waals surface area contributed by atoms with Crippen LogP contribution in [0.2, 0.25) is 0 Å². The van der Waals surface area contributed by atoms with E-state index in [2.05, 4.69) is 15.1 Å². The molecule has 0 aromatic heterocycles. The fourth-order valence-corrected chi connectivity index (χ4v) is 5.37. The molecule has 2 saturated heterocycles. The average Bonchev–Trinajstić information content (AvgIpc) is 2.84. The highest BCUT2D eigenvalue weighted by Crippen LogP contribution is 2.31. The van der Waals surface area contributed by atoms with E-state index in [1.807, 2.05) is 30.3 Å². The van der Waals surface area contributed by atoms with E-state index < -0.39 is 17.8 Å². The first-order valence-electron chi connectivity index (χ1n) is 12.3. The van der Waals surface area contributed by atoms with Crippen LogP contribution in [-0.2, 0) is 17.5 Å². The Morgan fingerprint density at radius 2 is 1.68 bits per heavy atom. The zero-order valence-electron chi connectivity index (χ0n) is 19.8. The summed E-state index contributed by atoms with van der Waals surface area (Å²) in [4.78, 5) is 18.2. The third kappa shape index (κ3) is 6.19. The molecule has 2 fully saturated rings. The van der Waals surface area contributed by atoms with E-state index in [-0.39, 0.29) is 12.5 Å². The number of carbonyl (C=O) groups is 1. The van der Waals surface area contributed by atoms with Crippen molar-refractivity contribution in [1.29, 1.82) is 0 Å². The molecule has 2 aromatic rings. The molecule has 7 heteroatoms. The minimum Gasteiger partial charge on any atom is -0.350 e. The molecule has 1 unspecified atom stereocenters. The first kappa shape index (κ1) is 24.7. The van der Waals surface area contributed by atoms with Crippen LogP contribution >= 0.6 is 0 Å². The number of nitrogens with one attached hydrogen (secondary N) is 1. The molecule has 0 saturated carbocycles. The van der Waals surface area contributed by atoms with E-state index in [4.69, 9.17) is 0 Å². The Morgan fingerprint density at radius 3 is 2.32 bits per heavy atom. The van der Waals surface area contributed by atoms with Crippen LogP contribution in [0.25, 0.3) is 0 Å². The van der Waals surface area contributed by atoms with Crippen molar-refractivity contribution in [3.8, 4) is 0 Å². The average molecular weight is 474 g/mol. The second-order valence-electron chi connectivity index (χ2n) is 9.60. The number of hydrogen-bond donors (Lipinski definition) is 1. The van der Waals surface area contributed by atoms with Gasteiger partial charge in [0.25, 0.3) is 0 Å². The third-order valence-corrected chi connectivity index (χ3v) is 7.07. The molecule has 0 spiro atoms. The van der Waals surface area contributed by atoms with Gasteiger partial charge in [0.2, 0.25) is 5.91 Å². The number of alkyl halides is 3. The molecule has 4 nitrogen and oxygen atoms in total. The van der Waals surface area contributed by atoms with Crippen molar-refractivity contribution >= 4 is 5.91 Å². The van der Waals surface area contributed by atoms with Gasteiger partial charge in [0.05, 0.1) is 5.56 Å². The van der Waals surface area contributed by atoms with E-state index in [0.29, 0.717) is 17.2 Å². The summed E-state index contributed by atoms with van der Waals surface area (Å²) in [5, 5.41) is 2.92. The van der Waals surface area contributed by atoms with E-state index >= 15 is 0 Å². The number of piperidine rings is 2. The summed E-state index contributed by atoms with van der Waals surface area (Å²) in [6, 6.07) is 13.7. The van der Waals surface area contributed by atoms with Crippen LogP contribution in [0.1, 0.15) is 60.4 Å². The Balaban J connectivity index is 1.44. The zero-order chi connectivity index (χ0) is 24.1. The van der Waals surface area contributed by atoms with Gasteiger partial charge in [0.1, 0.15) is 6.04 Å². The molecular formula is C27H34F3N3O. The lowest BCUT2D eigenvalue weighted by Gasteiger charge is -2.42. The normalized spacial score (nSPS) is 19.6. The van der Waals surface area contributed by atoms with Gasteiger partial charge in [-0.05, 0) is 69.0 Å². The summed E-state index contributed by atoms with van der Waals surface area (Å²) < 4.78 is 39.6. The Kier molecular flexibility index (Phi) is 7.94. The van der Waals surface area contributed by atoms with Crippen LogP contribution < -0.4 is 5.32 Å². The number of amides is 1. The van der Waals surface area contributed by atoms with Gasteiger partial charge < -0.3 is 10.2 Å². The van der Waals surface area contributed by atoms with Gasteiger partial charge in [-0.2, -0.15) is 13.2 Å². The molecule has 0 radical (unpaired) electrons. The molecule has 0 bridgehead atoms. The highest BCUT2D eigenvalue weighted by atomic mass is 19.4. The lowest BCUT2D eigenvalue weighted by Crippen LogP contribution is -2.49. The summed E-state index contributed by atoms with van der Waals surface area (Å²) in [5.41, 5.74) is 1.21. The van der Waals surface area contributed by atoms with Crippen LogP contribution in [0, 0.1) is 6.92 Å². The van der Waals surface area contributed by atoms with E-state index in [0.717, 1.165) is 43.6 Å². The smallest absolute Gasteiger partial charge is 0.350 e. The molecule has 34 heavy (non-hydrogen) atoms. The summed E-state index contributed by atoms with van der Waals surface area (Å²) in [6.45, 7) is 5.71. The van der Waals surface area contributed by atoms with E-state index in [1.165, 1.54) is 32.4 Å². The molecule has 184 valence electrons. The summed E-state index contributed by atoms with van der Waals surface area (Å²) >= 11 is 0. The maximum atomic E-state index is 13.4. The number of likely N-dealkylation sites (tertiary alicyclic amines) is 2. The van der Waals surface area contributed by atoms with Gasteiger partial charge in [-0.25, -0.2) is 0 Å². The maximum absolute atomic E-state index is 13.4. The predicted molar refractivity (Wildman–Crippen MR) is 127 cm³/mol. The molecule has 4 rings (SSSR count). The Labute approximate surface area is 200 Å². The molecular weight excluding hydrogens is 439 g/mol. The molecule has 2 aromatic carbocycles. The second kappa shape index (κ2) is 10.9. The zero-order valence-corrected chi connectivity index (χ0v) is 19.8. The van der Waals surface area contributed by atoms with Crippen LogP contribution in [0.3, 0.4) is 0 Å². The number of benzene rings is 2. The fraction of sp³-hybridized carbons (Fsp3) is 0.519. The van der Waals surface area contributed by atoms with Crippen molar-refractivity contribution in [2.24, 2.45) is 0 Å². The van der Waals surface area contributed by atoms with Gasteiger partial charge in [0.15, 0.2) is 0 Å². The van der Waals surface area contributed by atoms with Crippen molar-refractivity contribution in [1.82, 2.24) is 15.1 Å². The minimum absolute atomic E-state index is 0.0666. The maximum Gasteiger partial charge on any atom is 0.416 e. The van der Waals surface area contributed by atoms with Gasteiger partial charge in [-0.1, -0.05) is 48.4 Å². The van der Waals surface area contributed by atoms with Gasteiger partial charge in [-0.15, -0.1) is 0 Å². The first-order valence-corrected chi connectivity index (χ1v) is 12.3. The number of hydrogen-bond acceptors (Lipinski definition) is 3.